The van der Waals surface area contributed by atoms with E-state index in [4.69, 9.17) is 0 Å². The third-order valence-corrected chi connectivity index (χ3v) is 5.31. The van der Waals surface area contributed by atoms with Crippen LogP contribution in [0.4, 0.5) is 0 Å². The third kappa shape index (κ3) is 3.94. The average Bonchev–Trinajstić information content (AvgIpc) is 2.34. The van der Waals surface area contributed by atoms with Gasteiger partial charge in [-0.1, -0.05) is 32.1 Å². The van der Waals surface area contributed by atoms with Gasteiger partial charge in [-0.25, -0.2) is 0 Å². The molecule has 0 spiro atoms. The SMILES string of the molecule is OC1CCC(O)(C2CCCCCCC2)C(O)CC(O)C1. The minimum Gasteiger partial charge on any atom is -0.393 e. The topological polar surface area (TPSA) is 80.9 Å². The van der Waals surface area contributed by atoms with E-state index in [1.807, 2.05) is 0 Å². The molecule has 4 N–H and O–H groups in total. The maximum Gasteiger partial charge on any atom is 0.0935 e. The smallest absolute Gasteiger partial charge is 0.0935 e. The van der Waals surface area contributed by atoms with Crippen LogP contribution in [0.1, 0.15) is 70.6 Å². The first-order valence-electron chi connectivity index (χ1n) is 8.29. The van der Waals surface area contributed by atoms with Crippen LogP contribution in [0.25, 0.3) is 0 Å². The van der Waals surface area contributed by atoms with Crippen molar-refractivity contribution in [3.05, 3.63) is 0 Å². The van der Waals surface area contributed by atoms with Gasteiger partial charge in [0.05, 0.1) is 23.9 Å². The van der Waals surface area contributed by atoms with Crippen molar-refractivity contribution in [3.63, 3.8) is 0 Å². The Kier molecular flexibility index (Phi) is 5.84. The summed E-state index contributed by atoms with van der Waals surface area (Å²) >= 11 is 0. The molecule has 2 aliphatic carbocycles. The number of aliphatic hydroxyl groups excluding tert-OH is 3. The zero-order chi connectivity index (χ0) is 14.6. The Labute approximate surface area is 121 Å². The number of hydrogen-bond acceptors (Lipinski definition) is 4. The highest BCUT2D eigenvalue weighted by molar-refractivity contribution is 4.96. The highest BCUT2D eigenvalue weighted by atomic mass is 16.3. The molecule has 0 aromatic heterocycles. The quantitative estimate of drug-likeness (QED) is 0.592. The van der Waals surface area contributed by atoms with Crippen LogP contribution in [0.3, 0.4) is 0 Å². The molecule has 0 bridgehead atoms. The Morgan fingerprint density at radius 1 is 0.700 bits per heavy atom. The van der Waals surface area contributed by atoms with Gasteiger partial charge in [0.15, 0.2) is 0 Å². The molecule has 4 heteroatoms. The molecular weight excluding hydrogens is 256 g/mol. The molecule has 0 aromatic rings. The molecule has 118 valence electrons. The lowest BCUT2D eigenvalue weighted by molar-refractivity contribution is -0.150. The zero-order valence-electron chi connectivity index (χ0n) is 12.4. The van der Waals surface area contributed by atoms with Crippen LogP contribution in [-0.2, 0) is 0 Å². The minimum absolute atomic E-state index is 0.0929. The molecular formula is C16H30O4. The van der Waals surface area contributed by atoms with E-state index in [9.17, 15) is 20.4 Å². The van der Waals surface area contributed by atoms with Crippen LogP contribution >= 0.6 is 0 Å². The van der Waals surface area contributed by atoms with Gasteiger partial charge in [-0.05, 0) is 38.0 Å². The molecule has 2 aliphatic rings. The normalized spacial score (nSPS) is 42.3. The summed E-state index contributed by atoms with van der Waals surface area (Å²) in [7, 11) is 0. The second-order valence-electron chi connectivity index (χ2n) is 6.87. The van der Waals surface area contributed by atoms with Crippen LogP contribution < -0.4 is 0 Å². The van der Waals surface area contributed by atoms with E-state index >= 15 is 0 Å². The fourth-order valence-electron chi connectivity index (χ4n) is 3.99. The van der Waals surface area contributed by atoms with E-state index in [-0.39, 0.29) is 12.3 Å². The number of rotatable bonds is 1. The maximum atomic E-state index is 11.0. The van der Waals surface area contributed by atoms with Crippen molar-refractivity contribution in [2.24, 2.45) is 5.92 Å². The van der Waals surface area contributed by atoms with Gasteiger partial charge < -0.3 is 20.4 Å². The zero-order valence-corrected chi connectivity index (χ0v) is 12.4. The minimum atomic E-state index is -1.14. The molecule has 2 rings (SSSR count). The third-order valence-electron chi connectivity index (χ3n) is 5.31. The summed E-state index contributed by atoms with van der Waals surface area (Å²) in [6.45, 7) is 0. The van der Waals surface area contributed by atoms with Crippen molar-refractivity contribution in [2.45, 2.75) is 94.5 Å². The highest BCUT2D eigenvalue weighted by Gasteiger charge is 2.44. The summed E-state index contributed by atoms with van der Waals surface area (Å²) in [4.78, 5) is 0. The molecule has 4 atom stereocenters. The van der Waals surface area contributed by atoms with Gasteiger partial charge in [-0.2, -0.15) is 0 Å². The van der Waals surface area contributed by atoms with Gasteiger partial charge in [0.2, 0.25) is 0 Å². The van der Waals surface area contributed by atoms with Crippen molar-refractivity contribution in [1.29, 1.82) is 0 Å². The van der Waals surface area contributed by atoms with Crippen LogP contribution in [0.2, 0.25) is 0 Å². The van der Waals surface area contributed by atoms with Crippen LogP contribution in [0.5, 0.6) is 0 Å². The lowest BCUT2D eigenvalue weighted by Gasteiger charge is -2.43. The molecule has 4 unspecified atom stereocenters. The lowest BCUT2D eigenvalue weighted by atomic mass is 9.70. The molecule has 2 saturated carbocycles. The fraction of sp³-hybridized carbons (Fsp3) is 1.00. The van der Waals surface area contributed by atoms with Gasteiger partial charge in [0, 0.05) is 6.42 Å². The first kappa shape index (κ1) is 16.2. The standard InChI is InChI=1S/C16H30O4/c17-13-8-9-16(20,15(19)11-14(18)10-13)12-6-4-2-1-3-5-7-12/h12-15,17-20H,1-11H2. The van der Waals surface area contributed by atoms with Gasteiger partial charge in [0.1, 0.15) is 0 Å². The van der Waals surface area contributed by atoms with Gasteiger partial charge in [-0.15, -0.1) is 0 Å². The first-order valence-corrected chi connectivity index (χ1v) is 8.29. The van der Waals surface area contributed by atoms with E-state index in [2.05, 4.69) is 0 Å². The highest BCUT2D eigenvalue weighted by Crippen LogP contribution is 2.39. The Morgan fingerprint density at radius 2 is 1.30 bits per heavy atom. The Morgan fingerprint density at radius 3 is 1.95 bits per heavy atom. The molecule has 0 amide bonds. The summed E-state index contributed by atoms with van der Waals surface area (Å²) in [5, 5.41) is 41.2. The predicted octanol–water partition coefficient (Wildman–Crippen LogP) is 1.73. The van der Waals surface area contributed by atoms with Gasteiger partial charge >= 0.3 is 0 Å². The second kappa shape index (κ2) is 7.21. The first-order chi connectivity index (χ1) is 9.52. The number of aliphatic hydroxyl groups is 4. The van der Waals surface area contributed by atoms with Crippen molar-refractivity contribution < 1.29 is 20.4 Å². The molecule has 0 heterocycles. The Hall–Kier alpha value is -0.160. The summed E-state index contributed by atoms with van der Waals surface area (Å²) in [5.74, 6) is 0.0929. The lowest BCUT2D eigenvalue weighted by Crippen LogP contribution is -2.52. The summed E-state index contributed by atoms with van der Waals surface area (Å²) in [6.07, 6.45) is 6.96. The molecule has 0 saturated heterocycles. The van der Waals surface area contributed by atoms with E-state index in [1.165, 1.54) is 19.3 Å². The van der Waals surface area contributed by atoms with Crippen molar-refractivity contribution >= 4 is 0 Å². The molecule has 0 aromatic carbocycles. The Bertz CT molecular complexity index is 288. The van der Waals surface area contributed by atoms with Crippen molar-refractivity contribution in [3.8, 4) is 0 Å². The van der Waals surface area contributed by atoms with Crippen molar-refractivity contribution in [2.75, 3.05) is 0 Å². The largest absolute Gasteiger partial charge is 0.393 e. The van der Waals surface area contributed by atoms with Crippen LogP contribution in [0, 0.1) is 5.92 Å². The average molecular weight is 286 g/mol. The molecule has 4 nitrogen and oxygen atoms in total. The number of hydrogen-bond donors (Lipinski definition) is 4. The van der Waals surface area contributed by atoms with Gasteiger partial charge in [-0.3, -0.25) is 0 Å². The molecule has 0 radical (unpaired) electrons. The predicted molar refractivity (Wildman–Crippen MR) is 77.2 cm³/mol. The molecule has 20 heavy (non-hydrogen) atoms. The van der Waals surface area contributed by atoms with Gasteiger partial charge in [0.25, 0.3) is 0 Å². The second-order valence-corrected chi connectivity index (χ2v) is 6.87. The van der Waals surface area contributed by atoms with Crippen molar-refractivity contribution in [1.82, 2.24) is 0 Å². The maximum absolute atomic E-state index is 11.0. The summed E-state index contributed by atoms with van der Waals surface area (Å²) in [5.41, 5.74) is -1.14. The Balaban J connectivity index is 2.09. The van der Waals surface area contributed by atoms with E-state index in [1.54, 1.807) is 0 Å². The van der Waals surface area contributed by atoms with E-state index in [0.717, 1.165) is 25.7 Å². The molecule has 2 fully saturated rings. The van der Waals surface area contributed by atoms with Crippen LogP contribution in [0.15, 0.2) is 0 Å². The van der Waals surface area contributed by atoms with E-state index in [0.29, 0.717) is 19.3 Å². The monoisotopic (exact) mass is 286 g/mol. The summed E-state index contributed by atoms with van der Waals surface area (Å²) < 4.78 is 0. The fourth-order valence-corrected chi connectivity index (χ4v) is 3.99. The summed E-state index contributed by atoms with van der Waals surface area (Å²) in [6, 6.07) is 0. The molecule has 0 aliphatic heterocycles. The van der Waals surface area contributed by atoms with E-state index < -0.39 is 23.9 Å². The van der Waals surface area contributed by atoms with Crippen LogP contribution in [-0.4, -0.2) is 44.3 Å².